The SMILES string of the molecule is COc1cc(Cl)cc(CNCC(C)C)c1OCc1ccccc1.Cl. The van der Waals surface area contributed by atoms with Gasteiger partial charge in [-0.1, -0.05) is 55.8 Å². The molecule has 24 heavy (non-hydrogen) atoms. The van der Waals surface area contributed by atoms with Gasteiger partial charge in [-0.2, -0.15) is 0 Å². The van der Waals surface area contributed by atoms with Crippen molar-refractivity contribution in [3.63, 3.8) is 0 Å². The Morgan fingerprint density at radius 1 is 1.12 bits per heavy atom. The van der Waals surface area contributed by atoms with E-state index in [4.69, 9.17) is 21.1 Å². The normalized spacial score (nSPS) is 10.4. The molecule has 132 valence electrons. The molecule has 3 nitrogen and oxygen atoms in total. The molecule has 0 saturated heterocycles. The number of ether oxygens (including phenoxy) is 2. The molecule has 0 aliphatic rings. The maximum atomic E-state index is 6.20. The van der Waals surface area contributed by atoms with E-state index < -0.39 is 0 Å². The highest BCUT2D eigenvalue weighted by Crippen LogP contribution is 2.35. The molecule has 0 unspecified atom stereocenters. The Morgan fingerprint density at radius 3 is 2.46 bits per heavy atom. The van der Waals surface area contributed by atoms with Crippen LogP contribution in [-0.2, 0) is 13.2 Å². The standard InChI is InChI=1S/C19H24ClNO2.ClH/c1-14(2)11-21-12-16-9-17(20)10-18(22-3)19(16)23-13-15-7-5-4-6-8-15;/h4-10,14,21H,11-13H2,1-3H3;1H. The topological polar surface area (TPSA) is 30.5 Å². The molecule has 5 heteroatoms. The fraction of sp³-hybridized carbons (Fsp3) is 0.368. The quantitative estimate of drug-likeness (QED) is 0.702. The molecule has 2 rings (SSSR count). The molecule has 0 atom stereocenters. The number of hydrogen-bond acceptors (Lipinski definition) is 3. The smallest absolute Gasteiger partial charge is 0.166 e. The van der Waals surface area contributed by atoms with Crippen LogP contribution in [0.15, 0.2) is 42.5 Å². The first-order valence-electron chi connectivity index (χ1n) is 7.84. The summed E-state index contributed by atoms with van der Waals surface area (Å²) in [4.78, 5) is 0. The fourth-order valence-corrected chi connectivity index (χ4v) is 2.53. The van der Waals surface area contributed by atoms with Crippen LogP contribution in [0.25, 0.3) is 0 Å². The zero-order valence-corrected chi connectivity index (χ0v) is 15.9. The summed E-state index contributed by atoms with van der Waals surface area (Å²) in [6.07, 6.45) is 0. The first-order valence-corrected chi connectivity index (χ1v) is 8.21. The summed E-state index contributed by atoms with van der Waals surface area (Å²) < 4.78 is 11.5. The van der Waals surface area contributed by atoms with E-state index in [-0.39, 0.29) is 12.4 Å². The Labute approximate surface area is 155 Å². The first-order chi connectivity index (χ1) is 11.1. The Kier molecular flexibility index (Phi) is 8.98. The predicted octanol–water partition coefficient (Wildman–Crippen LogP) is 5.10. The van der Waals surface area contributed by atoms with Crippen molar-refractivity contribution in [2.75, 3.05) is 13.7 Å². The summed E-state index contributed by atoms with van der Waals surface area (Å²) in [7, 11) is 1.63. The molecule has 0 aliphatic heterocycles. The van der Waals surface area contributed by atoms with Gasteiger partial charge in [-0.05, 0) is 24.1 Å². The molecule has 0 amide bonds. The first kappa shape index (κ1) is 20.6. The zero-order valence-electron chi connectivity index (χ0n) is 14.3. The average molecular weight is 370 g/mol. The molecule has 0 fully saturated rings. The number of benzene rings is 2. The summed E-state index contributed by atoms with van der Waals surface area (Å²) >= 11 is 6.20. The van der Waals surface area contributed by atoms with E-state index in [0.29, 0.717) is 29.8 Å². The zero-order chi connectivity index (χ0) is 16.7. The maximum absolute atomic E-state index is 6.20. The van der Waals surface area contributed by atoms with Gasteiger partial charge in [0, 0.05) is 23.2 Å². The van der Waals surface area contributed by atoms with Crippen molar-refractivity contribution in [3.8, 4) is 11.5 Å². The lowest BCUT2D eigenvalue weighted by Crippen LogP contribution is -2.19. The van der Waals surface area contributed by atoms with Crippen LogP contribution in [0.4, 0.5) is 0 Å². The molecule has 0 aliphatic carbocycles. The van der Waals surface area contributed by atoms with Crippen LogP contribution in [0, 0.1) is 5.92 Å². The van der Waals surface area contributed by atoms with Crippen LogP contribution in [0.3, 0.4) is 0 Å². The Hall–Kier alpha value is -1.42. The molecule has 0 heterocycles. The van der Waals surface area contributed by atoms with E-state index in [1.165, 1.54) is 0 Å². The summed E-state index contributed by atoms with van der Waals surface area (Å²) in [5.74, 6) is 2.00. The van der Waals surface area contributed by atoms with Gasteiger partial charge < -0.3 is 14.8 Å². The number of halogens is 2. The van der Waals surface area contributed by atoms with Crippen LogP contribution in [0.2, 0.25) is 5.02 Å². The van der Waals surface area contributed by atoms with Crippen LogP contribution < -0.4 is 14.8 Å². The molecule has 0 radical (unpaired) electrons. The monoisotopic (exact) mass is 369 g/mol. The van der Waals surface area contributed by atoms with Crippen molar-refractivity contribution < 1.29 is 9.47 Å². The third-order valence-corrected chi connectivity index (χ3v) is 3.63. The summed E-state index contributed by atoms with van der Waals surface area (Å²) in [6.45, 7) is 6.49. The molecule has 1 N–H and O–H groups in total. The summed E-state index contributed by atoms with van der Waals surface area (Å²) in [6, 6.07) is 13.8. The largest absolute Gasteiger partial charge is 0.493 e. The molecule has 2 aromatic rings. The third-order valence-electron chi connectivity index (χ3n) is 3.41. The Morgan fingerprint density at radius 2 is 1.83 bits per heavy atom. The number of nitrogens with one attached hydrogen (secondary N) is 1. The van der Waals surface area contributed by atoms with Crippen molar-refractivity contribution in [1.29, 1.82) is 0 Å². The Bertz CT molecular complexity index is 618. The van der Waals surface area contributed by atoms with Crippen LogP contribution in [0.1, 0.15) is 25.0 Å². The van der Waals surface area contributed by atoms with Gasteiger partial charge in [0.2, 0.25) is 0 Å². The van der Waals surface area contributed by atoms with E-state index in [2.05, 4.69) is 19.2 Å². The van der Waals surface area contributed by atoms with Crippen LogP contribution >= 0.6 is 24.0 Å². The van der Waals surface area contributed by atoms with Gasteiger partial charge in [-0.15, -0.1) is 12.4 Å². The lowest BCUT2D eigenvalue weighted by atomic mass is 10.1. The van der Waals surface area contributed by atoms with E-state index in [0.717, 1.165) is 23.4 Å². The second-order valence-corrected chi connectivity index (χ2v) is 6.33. The van der Waals surface area contributed by atoms with Gasteiger partial charge in [0.15, 0.2) is 11.5 Å². The lowest BCUT2D eigenvalue weighted by molar-refractivity contribution is 0.280. The maximum Gasteiger partial charge on any atom is 0.166 e. The molecule has 0 saturated carbocycles. The average Bonchev–Trinajstić information content (AvgIpc) is 2.54. The van der Waals surface area contributed by atoms with E-state index >= 15 is 0 Å². The van der Waals surface area contributed by atoms with Crippen molar-refractivity contribution >= 4 is 24.0 Å². The number of rotatable bonds is 8. The van der Waals surface area contributed by atoms with Crippen molar-refractivity contribution in [2.24, 2.45) is 5.92 Å². The van der Waals surface area contributed by atoms with Gasteiger partial charge in [-0.25, -0.2) is 0 Å². The van der Waals surface area contributed by atoms with Gasteiger partial charge in [0.25, 0.3) is 0 Å². The minimum absolute atomic E-state index is 0. The third kappa shape index (κ3) is 6.23. The summed E-state index contributed by atoms with van der Waals surface area (Å²) in [5.41, 5.74) is 2.12. The van der Waals surface area contributed by atoms with Crippen molar-refractivity contribution in [2.45, 2.75) is 27.0 Å². The van der Waals surface area contributed by atoms with Gasteiger partial charge in [-0.3, -0.25) is 0 Å². The highest BCUT2D eigenvalue weighted by atomic mass is 35.5. The van der Waals surface area contributed by atoms with E-state index in [9.17, 15) is 0 Å². The molecular weight excluding hydrogens is 345 g/mol. The predicted molar refractivity (Wildman–Crippen MR) is 103 cm³/mol. The van der Waals surface area contributed by atoms with Crippen LogP contribution in [-0.4, -0.2) is 13.7 Å². The molecule has 2 aromatic carbocycles. The Balaban J connectivity index is 0.00000288. The highest BCUT2D eigenvalue weighted by Gasteiger charge is 2.13. The minimum atomic E-state index is 0. The fourth-order valence-electron chi connectivity index (χ4n) is 2.29. The molecule has 0 bridgehead atoms. The minimum Gasteiger partial charge on any atom is -0.493 e. The second kappa shape index (κ2) is 10.4. The van der Waals surface area contributed by atoms with E-state index in [1.54, 1.807) is 13.2 Å². The van der Waals surface area contributed by atoms with E-state index in [1.807, 2.05) is 36.4 Å². The van der Waals surface area contributed by atoms with Gasteiger partial charge in [0.05, 0.1) is 7.11 Å². The molecular formula is C19H25Cl2NO2. The number of methoxy groups -OCH3 is 1. The van der Waals surface area contributed by atoms with Crippen molar-refractivity contribution in [3.05, 3.63) is 58.6 Å². The molecule has 0 aromatic heterocycles. The highest BCUT2D eigenvalue weighted by molar-refractivity contribution is 6.30. The second-order valence-electron chi connectivity index (χ2n) is 5.90. The molecule has 0 spiro atoms. The van der Waals surface area contributed by atoms with Crippen molar-refractivity contribution in [1.82, 2.24) is 5.32 Å². The van der Waals surface area contributed by atoms with Gasteiger partial charge >= 0.3 is 0 Å². The lowest BCUT2D eigenvalue weighted by Gasteiger charge is -2.17. The number of hydrogen-bond donors (Lipinski definition) is 1. The summed E-state index contributed by atoms with van der Waals surface area (Å²) in [5, 5.41) is 4.07. The van der Waals surface area contributed by atoms with Crippen LogP contribution in [0.5, 0.6) is 11.5 Å². The van der Waals surface area contributed by atoms with Gasteiger partial charge in [0.1, 0.15) is 6.61 Å².